The van der Waals surface area contributed by atoms with Crippen LogP contribution >= 0.6 is 0 Å². The first-order chi connectivity index (χ1) is 21.1. The van der Waals surface area contributed by atoms with Crippen molar-refractivity contribution in [2.45, 2.75) is 89.2 Å². The molecule has 1 saturated carbocycles. The molecule has 2 aliphatic heterocycles. The highest BCUT2D eigenvalue weighted by Gasteiger charge is 2.44. The van der Waals surface area contributed by atoms with Crippen LogP contribution in [-0.2, 0) is 31.0 Å². The Hall–Kier alpha value is -2.95. The van der Waals surface area contributed by atoms with E-state index < -0.39 is 20.2 Å². The van der Waals surface area contributed by atoms with Gasteiger partial charge in [-0.1, -0.05) is 69.7 Å². The Labute approximate surface area is 263 Å². The lowest BCUT2D eigenvalue weighted by Gasteiger charge is -2.34. The van der Waals surface area contributed by atoms with Gasteiger partial charge >= 0.3 is 6.09 Å². The van der Waals surface area contributed by atoms with E-state index in [1.54, 1.807) is 0 Å². The first-order valence-corrected chi connectivity index (χ1v) is 20.0. The second-order valence-corrected chi connectivity index (χ2v) is 19.8. The summed E-state index contributed by atoms with van der Waals surface area (Å²) in [7, 11) is -1.19. The molecule has 2 amide bonds. The summed E-state index contributed by atoms with van der Waals surface area (Å²) in [6.07, 6.45) is 7.04. The molecule has 10 heteroatoms. The quantitative estimate of drug-likeness (QED) is 0.223. The summed E-state index contributed by atoms with van der Waals surface area (Å²) >= 11 is 0. The van der Waals surface area contributed by atoms with Crippen LogP contribution in [-0.4, -0.2) is 64.2 Å². The number of rotatable bonds is 11. The van der Waals surface area contributed by atoms with Crippen molar-refractivity contribution in [3.63, 3.8) is 0 Å². The highest BCUT2D eigenvalue weighted by Crippen LogP contribution is 2.47. The molecule has 1 aromatic carbocycles. The summed E-state index contributed by atoms with van der Waals surface area (Å²) < 4.78 is 17.4. The zero-order chi connectivity index (χ0) is 31.2. The van der Waals surface area contributed by atoms with Crippen LogP contribution in [0.25, 0.3) is 0 Å². The van der Waals surface area contributed by atoms with Crippen molar-refractivity contribution in [3.05, 3.63) is 53.7 Å². The van der Waals surface area contributed by atoms with Crippen molar-refractivity contribution in [2.24, 2.45) is 11.8 Å². The maximum Gasteiger partial charge on any atom is 0.408 e. The highest BCUT2D eigenvalue weighted by atomic mass is 28.3. The molecule has 1 spiro atoms. The summed E-state index contributed by atoms with van der Waals surface area (Å²) in [5.41, 5.74) is 3.14. The Morgan fingerprint density at radius 2 is 1.84 bits per heavy atom. The molecule has 44 heavy (non-hydrogen) atoms. The fourth-order valence-corrected chi connectivity index (χ4v) is 7.45. The van der Waals surface area contributed by atoms with E-state index in [2.05, 4.69) is 42.1 Å². The third kappa shape index (κ3) is 8.40. The lowest BCUT2D eigenvalue weighted by molar-refractivity contribution is -0.119. The van der Waals surface area contributed by atoms with E-state index in [1.165, 1.54) is 5.56 Å². The van der Waals surface area contributed by atoms with Gasteiger partial charge in [-0.15, -0.1) is 0 Å². The minimum Gasteiger partial charge on any atom is -0.445 e. The molecular weight excluding hydrogens is 572 g/mol. The van der Waals surface area contributed by atoms with Crippen molar-refractivity contribution in [1.29, 1.82) is 0 Å². The number of hydrogen-bond donors (Lipinski definition) is 2. The van der Waals surface area contributed by atoms with Gasteiger partial charge in [0, 0.05) is 63.4 Å². The minimum absolute atomic E-state index is 0.0172. The lowest BCUT2D eigenvalue weighted by atomic mass is 9.76. The molecule has 5 rings (SSSR count). The normalized spacial score (nSPS) is 21.9. The first-order valence-electron chi connectivity index (χ1n) is 16.3. The molecule has 2 aromatic rings. The zero-order valence-corrected chi connectivity index (χ0v) is 27.9. The number of carbonyl (C=O) groups excluding carboxylic acids is 2. The van der Waals surface area contributed by atoms with Gasteiger partial charge < -0.3 is 29.7 Å². The zero-order valence-electron chi connectivity index (χ0n) is 26.9. The van der Waals surface area contributed by atoms with E-state index in [1.807, 2.05) is 42.6 Å². The molecule has 1 aliphatic carbocycles. The smallest absolute Gasteiger partial charge is 0.408 e. The number of hydrogen-bond acceptors (Lipinski definition) is 7. The maximum absolute atomic E-state index is 13.8. The Kier molecular flexibility index (Phi) is 10.6. The first kappa shape index (κ1) is 32.4. The number of aromatic nitrogens is 1. The Bertz CT molecular complexity index is 1260. The van der Waals surface area contributed by atoms with Crippen molar-refractivity contribution >= 4 is 31.6 Å². The molecule has 240 valence electrons. The van der Waals surface area contributed by atoms with Gasteiger partial charge in [0.15, 0.2) is 0 Å². The van der Waals surface area contributed by atoms with Crippen LogP contribution in [0.1, 0.15) is 56.6 Å². The van der Waals surface area contributed by atoms with Crippen LogP contribution in [0.4, 0.5) is 16.3 Å². The van der Waals surface area contributed by atoms with Gasteiger partial charge in [0.25, 0.3) is 0 Å². The standard InChI is InChI=1S/C34H50N4O5Si/c1-25-10-12-27(13-11-25)31(37-33(40)43-22-26-8-6-5-7-9-26)32(39)36-30-20-29-28(21-35-30)34(14-16-41-17-15-34)23-38(29)24-42-18-19-44(2,3)4/h5-9,20-21,25,27,31H,10-19,22-24H2,1-4H3,(H,37,40)(H,35,36,39). The summed E-state index contributed by atoms with van der Waals surface area (Å²) in [5, 5.41) is 5.96. The Morgan fingerprint density at radius 1 is 1.11 bits per heavy atom. The molecule has 2 fully saturated rings. The molecular formula is C34H50N4O5Si. The molecule has 9 nitrogen and oxygen atoms in total. The molecule has 1 atom stereocenters. The third-order valence-electron chi connectivity index (χ3n) is 9.53. The highest BCUT2D eigenvalue weighted by molar-refractivity contribution is 6.76. The molecule has 2 N–H and O–H groups in total. The largest absolute Gasteiger partial charge is 0.445 e. The molecule has 1 aromatic heterocycles. The maximum atomic E-state index is 13.8. The van der Waals surface area contributed by atoms with E-state index in [0.29, 0.717) is 18.5 Å². The average molecular weight is 623 g/mol. The number of amides is 2. The van der Waals surface area contributed by atoms with Crippen LogP contribution in [0.3, 0.4) is 0 Å². The van der Waals surface area contributed by atoms with E-state index in [4.69, 9.17) is 19.2 Å². The fourth-order valence-electron chi connectivity index (χ4n) is 6.69. The minimum atomic E-state index is -1.19. The number of benzene rings is 1. The monoisotopic (exact) mass is 622 g/mol. The number of anilines is 2. The molecule has 0 radical (unpaired) electrons. The lowest BCUT2D eigenvalue weighted by Crippen LogP contribution is -2.49. The second-order valence-electron chi connectivity index (χ2n) is 14.2. The van der Waals surface area contributed by atoms with Gasteiger partial charge in [-0.25, -0.2) is 9.78 Å². The molecule has 3 heterocycles. The van der Waals surface area contributed by atoms with E-state index in [0.717, 1.165) is 82.2 Å². The van der Waals surface area contributed by atoms with Gasteiger partial charge in [-0.3, -0.25) is 4.79 Å². The van der Waals surface area contributed by atoms with Crippen LogP contribution < -0.4 is 15.5 Å². The number of fused-ring (bicyclic) bond motifs is 2. The molecule has 3 aliphatic rings. The summed E-state index contributed by atoms with van der Waals surface area (Å²) in [5.74, 6) is 0.880. The van der Waals surface area contributed by atoms with Crippen molar-refractivity contribution in [1.82, 2.24) is 10.3 Å². The van der Waals surface area contributed by atoms with Crippen molar-refractivity contribution in [2.75, 3.05) is 43.3 Å². The average Bonchev–Trinajstić information content (AvgIpc) is 3.29. The van der Waals surface area contributed by atoms with Crippen molar-refractivity contribution in [3.8, 4) is 0 Å². The number of nitrogens with zero attached hydrogens (tertiary/aromatic N) is 2. The third-order valence-corrected chi connectivity index (χ3v) is 11.2. The number of ether oxygens (including phenoxy) is 3. The Morgan fingerprint density at radius 3 is 2.55 bits per heavy atom. The van der Waals surface area contributed by atoms with Crippen LogP contribution in [0.15, 0.2) is 42.6 Å². The SMILES string of the molecule is CC1CCC(C(NC(=O)OCc2ccccc2)C(=O)Nc2cc3c(cn2)C2(CCOCC2)CN3COCC[Si](C)(C)C)CC1. The molecule has 1 saturated heterocycles. The Balaban J connectivity index is 1.30. The second kappa shape index (κ2) is 14.4. The summed E-state index contributed by atoms with van der Waals surface area (Å²) in [6, 6.07) is 11.9. The van der Waals surface area contributed by atoms with E-state index in [-0.39, 0.29) is 23.8 Å². The van der Waals surface area contributed by atoms with E-state index in [9.17, 15) is 9.59 Å². The molecule has 1 unspecified atom stereocenters. The predicted molar refractivity (Wildman–Crippen MR) is 176 cm³/mol. The fraction of sp³-hybridized carbons (Fsp3) is 0.618. The van der Waals surface area contributed by atoms with Gasteiger partial charge in [0.05, 0.1) is 0 Å². The summed E-state index contributed by atoms with van der Waals surface area (Å²) in [6.45, 7) is 13.1. The van der Waals surface area contributed by atoms with Gasteiger partial charge in [-0.05, 0) is 49.1 Å². The van der Waals surface area contributed by atoms with Crippen molar-refractivity contribution < 1.29 is 23.8 Å². The van der Waals surface area contributed by atoms with Crippen LogP contribution in [0.5, 0.6) is 0 Å². The van der Waals surface area contributed by atoms with Crippen LogP contribution in [0, 0.1) is 11.8 Å². The van der Waals surface area contributed by atoms with Crippen LogP contribution in [0.2, 0.25) is 25.7 Å². The predicted octanol–water partition coefficient (Wildman–Crippen LogP) is 6.32. The molecule has 0 bridgehead atoms. The number of alkyl carbamates (subject to hydrolysis) is 1. The summed E-state index contributed by atoms with van der Waals surface area (Å²) in [4.78, 5) is 33.7. The number of carbonyl (C=O) groups is 2. The number of nitrogens with one attached hydrogen (secondary N) is 2. The van der Waals surface area contributed by atoms with Gasteiger partial charge in [-0.2, -0.15) is 0 Å². The number of pyridine rings is 1. The van der Waals surface area contributed by atoms with E-state index >= 15 is 0 Å². The van der Waals surface area contributed by atoms with Gasteiger partial charge in [0.2, 0.25) is 5.91 Å². The topological polar surface area (TPSA) is 102 Å². The van der Waals surface area contributed by atoms with Gasteiger partial charge in [0.1, 0.15) is 25.2 Å².